The molecule has 0 spiro atoms. The fourth-order valence-corrected chi connectivity index (χ4v) is 1.80. The van der Waals surface area contributed by atoms with Crippen molar-refractivity contribution in [1.82, 2.24) is 16.0 Å². The van der Waals surface area contributed by atoms with E-state index in [1.54, 1.807) is 27.3 Å². The Hall–Kier alpha value is -1.35. The molecule has 6 nitrogen and oxygen atoms in total. The Morgan fingerprint density at radius 3 is 2.73 bits per heavy atom. The van der Waals surface area contributed by atoms with Gasteiger partial charge in [0.15, 0.2) is 5.96 Å². The van der Waals surface area contributed by atoms with Gasteiger partial charge in [-0.3, -0.25) is 9.79 Å². The monoisotopic (exact) mass is 420 g/mol. The van der Waals surface area contributed by atoms with Crippen molar-refractivity contribution in [2.24, 2.45) is 4.99 Å². The molecule has 0 aromatic heterocycles. The lowest BCUT2D eigenvalue weighted by atomic mass is 10.1. The minimum atomic E-state index is -0.0843. The summed E-state index contributed by atoms with van der Waals surface area (Å²) in [6, 6.07) is 7.50. The van der Waals surface area contributed by atoms with E-state index < -0.39 is 0 Å². The van der Waals surface area contributed by atoms with E-state index in [1.165, 1.54) is 0 Å². The number of amides is 1. The Bertz CT molecular complexity index is 480. The summed E-state index contributed by atoms with van der Waals surface area (Å²) in [5.41, 5.74) is 1.68. The van der Waals surface area contributed by atoms with Crippen LogP contribution < -0.4 is 16.0 Å². The molecular formula is C15H25IN4O2. The molecule has 0 saturated heterocycles. The molecule has 1 rings (SSSR count). The van der Waals surface area contributed by atoms with Crippen molar-refractivity contribution in [3.05, 3.63) is 35.4 Å². The number of aliphatic imine (C=N–C) groups is 1. The molecule has 0 saturated carbocycles. The molecule has 0 aliphatic rings. The van der Waals surface area contributed by atoms with Crippen molar-refractivity contribution < 1.29 is 9.53 Å². The zero-order valence-corrected chi connectivity index (χ0v) is 15.6. The number of rotatable bonds is 7. The van der Waals surface area contributed by atoms with Crippen LogP contribution in [0.1, 0.15) is 22.3 Å². The van der Waals surface area contributed by atoms with Gasteiger partial charge < -0.3 is 20.7 Å². The van der Waals surface area contributed by atoms with E-state index in [0.29, 0.717) is 12.1 Å². The fraction of sp³-hybridized carbons (Fsp3) is 0.467. The highest BCUT2D eigenvalue weighted by molar-refractivity contribution is 14.0. The van der Waals surface area contributed by atoms with Gasteiger partial charge in [-0.05, 0) is 24.1 Å². The maximum atomic E-state index is 11.6. The van der Waals surface area contributed by atoms with Crippen LogP contribution in [0.15, 0.2) is 29.3 Å². The van der Waals surface area contributed by atoms with E-state index >= 15 is 0 Å². The Morgan fingerprint density at radius 2 is 2.09 bits per heavy atom. The number of guanidine groups is 1. The summed E-state index contributed by atoms with van der Waals surface area (Å²) in [6.45, 7) is 2.12. The summed E-state index contributed by atoms with van der Waals surface area (Å²) in [6.07, 6.45) is 0.920. The van der Waals surface area contributed by atoms with Crippen LogP contribution in [0.5, 0.6) is 0 Å². The smallest absolute Gasteiger partial charge is 0.251 e. The van der Waals surface area contributed by atoms with Crippen molar-refractivity contribution in [2.45, 2.75) is 13.0 Å². The van der Waals surface area contributed by atoms with Gasteiger partial charge in [0.1, 0.15) is 0 Å². The van der Waals surface area contributed by atoms with Gasteiger partial charge in [-0.25, -0.2) is 0 Å². The van der Waals surface area contributed by atoms with Crippen LogP contribution >= 0.6 is 24.0 Å². The highest BCUT2D eigenvalue weighted by Gasteiger charge is 2.04. The number of benzene rings is 1. The number of methoxy groups -OCH3 is 1. The van der Waals surface area contributed by atoms with Gasteiger partial charge >= 0.3 is 0 Å². The number of carbonyl (C=O) groups is 1. The fourth-order valence-electron chi connectivity index (χ4n) is 1.80. The second-order valence-electron chi connectivity index (χ2n) is 4.48. The van der Waals surface area contributed by atoms with E-state index in [9.17, 15) is 4.79 Å². The van der Waals surface area contributed by atoms with Crippen LogP contribution in [0.4, 0.5) is 0 Å². The standard InChI is InChI=1S/C15H24N4O2.HI/c1-16-14(20)13-7-4-6-12(10-13)11-19-15(17-2)18-8-5-9-21-3;/h4,6-7,10H,5,8-9,11H2,1-3H3,(H,16,20)(H2,17,18,19);1H. The van der Waals surface area contributed by atoms with Crippen molar-refractivity contribution in [3.63, 3.8) is 0 Å². The largest absolute Gasteiger partial charge is 0.385 e. The summed E-state index contributed by atoms with van der Waals surface area (Å²) in [4.78, 5) is 15.7. The average molecular weight is 420 g/mol. The Balaban J connectivity index is 0.00000441. The number of hydrogen-bond acceptors (Lipinski definition) is 3. The van der Waals surface area contributed by atoms with Gasteiger partial charge in [0.25, 0.3) is 5.91 Å². The molecule has 0 radical (unpaired) electrons. The summed E-state index contributed by atoms with van der Waals surface area (Å²) in [7, 11) is 5.04. The van der Waals surface area contributed by atoms with Crippen molar-refractivity contribution in [2.75, 3.05) is 34.4 Å². The molecule has 0 aliphatic carbocycles. The lowest BCUT2D eigenvalue weighted by molar-refractivity contribution is 0.0963. The van der Waals surface area contributed by atoms with Crippen molar-refractivity contribution in [3.8, 4) is 0 Å². The van der Waals surface area contributed by atoms with Crippen LogP contribution in [-0.4, -0.2) is 46.2 Å². The van der Waals surface area contributed by atoms with Gasteiger partial charge in [0.05, 0.1) is 0 Å². The van der Waals surface area contributed by atoms with E-state index in [4.69, 9.17) is 4.74 Å². The molecule has 0 aliphatic heterocycles. The Kier molecular flexibility index (Phi) is 11.5. The van der Waals surface area contributed by atoms with E-state index in [2.05, 4.69) is 20.9 Å². The summed E-state index contributed by atoms with van der Waals surface area (Å²) < 4.78 is 4.99. The molecule has 0 fully saturated rings. The molecule has 3 N–H and O–H groups in total. The Morgan fingerprint density at radius 1 is 1.32 bits per heavy atom. The first-order valence-corrected chi connectivity index (χ1v) is 6.95. The zero-order chi connectivity index (χ0) is 15.5. The predicted octanol–water partition coefficient (Wildman–Crippen LogP) is 1.37. The first-order chi connectivity index (χ1) is 10.2. The Labute approximate surface area is 149 Å². The average Bonchev–Trinajstić information content (AvgIpc) is 2.53. The predicted molar refractivity (Wildman–Crippen MR) is 99.9 cm³/mol. The van der Waals surface area contributed by atoms with Crippen LogP contribution in [0, 0.1) is 0 Å². The lowest BCUT2D eigenvalue weighted by Gasteiger charge is -2.12. The number of carbonyl (C=O) groups excluding carboxylic acids is 1. The molecular weight excluding hydrogens is 395 g/mol. The third kappa shape index (κ3) is 7.60. The van der Waals surface area contributed by atoms with E-state index in [1.807, 2.05) is 18.2 Å². The first kappa shape index (κ1) is 20.6. The van der Waals surface area contributed by atoms with Gasteiger partial charge in [-0.2, -0.15) is 0 Å². The zero-order valence-electron chi connectivity index (χ0n) is 13.3. The minimum absolute atomic E-state index is 0. The quantitative estimate of drug-likeness (QED) is 0.270. The van der Waals surface area contributed by atoms with E-state index in [0.717, 1.165) is 31.1 Å². The molecule has 7 heteroatoms. The molecule has 0 bridgehead atoms. The number of ether oxygens (including phenoxy) is 1. The first-order valence-electron chi connectivity index (χ1n) is 6.95. The van der Waals surface area contributed by atoms with Crippen molar-refractivity contribution in [1.29, 1.82) is 0 Å². The topological polar surface area (TPSA) is 74.8 Å². The molecule has 1 amide bonds. The molecule has 1 aromatic carbocycles. The van der Waals surface area contributed by atoms with Gasteiger partial charge in [0, 0.05) is 46.5 Å². The van der Waals surface area contributed by atoms with Crippen molar-refractivity contribution >= 4 is 35.8 Å². The third-order valence-electron chi connectivity index (χ3n) is 2.92. The second kappa shape index (κ2) is 12.2. The van der Waals surface area contributed by atoms with Crippen LogP contribution in [-0.2, 0) is 11.3 Å². The maximum Gasteiger partial charge on any atom is 0.251 e. The number of halogens is 1. The molecule has 0 heterocycles. The number of nitrogens with one attached hydrogen (secondary N) is 3. The third-order valence-corrected chi connectivity index (χ3v) is 2.92. The molecule has 0 unspecified atom stereocenters. The lowest BCUT2D eigenvalue weighted by Crippen LogP contribution is -2.37. The highest BCUT2D eigenvalue weighted by Crippen LogP contribution is 2.04. The maximum absolute atomic E-state index is 11.6. The highest BCUT2D eigenvalue weighted by atomic mass is 127. The van der Waals surface area contributed by atoms with Gasteiger partial charge in [0.2, 0.25) is 0 Å². The summed E-state index contributed by atoms with van der Waals surface area (Å²) >= 11 is 0. The van der Waals surface area contributed by atoms with Gasteiger partial charge in [-0.15, -0.1) is 24.0 Å². The molecule has 124 valence electrons. The summed E-state index contributed by atoms with van der Waals surface area (Å²) in [5.74, 6) is 0.648. The number of nitrogens with zero attached hydrogens (tertiary/aromatic N) is 1. The molecule has 1 aromatic rings. The molecule has 22 heavy (non-hydrogen) atoms. The van der Waals surface area contributed by atoms with E-state index in [-0.39, 0.29) is 29.9 Å². The minimum Gasteiger partial charge on any atom is -0.385 e. The van der Waals surface area contributed by atoms with Crippen LogP contribution in [0.25, 0.3) is 0 Å². The number of hydrogen-bond donors (Lipinski definition) is 3. The second-order valence-corrected chi connectivity index (χ2v) is 4.48. The van der Waals surface area contributed by atoms with Crippen LogP contribution in [0.2, 0.25) is 0 Å². The van der Waals surface area contributed by atoms with Gasteiger partial charge in [-0.1, -0.05) is 12.1 Å². The normalized spacial score (nSPS) is 10.6. The summed E-state index contributed by atoms with van der Waals surface area (Å²) in [5, 5.41) is 9.03. The SMILES string of the molecule is CN=C(NCCCOC)NCc1cccc(C(=O)NC)c1.I. The van der Waals surface area contributed by atoms with Crippen LogP contribution in [0.3, 0.4) is 0 Å². The molecule has 0 atom stereocenters.